The lowest BCUT2D eigenvalue weighted by atomic mass is 9.70. The number of aromatic nitrogens is 1. The number of nitrogens with two attached hydrogens (primary N) is 1. The van der Waals surface area contributed by atoms with Crippen LogP contribution in [-0.4, -0.2) is 17.4 Å². The van der Waals surface area contributed by atoms with Gasteiger partial charge in [0.2, 0.25) is 5.91 Å². The molecule has 1 saturated carbocycles. The fraction of sp³-hybridized carbons (Fsp3) is 0.647. The van der Waals surface area contributed by atoms with E-state index in [4.69, 9.17) is 5.73 Å². The largest absolute Gasteiger partial charge is 0.350 e. The SMILES string of the molecule is CCc1cccnc1CNC(=O)C1(CN)CCC(C)CC1. The molecule has 4 nitrogen and oxygen atoms in total. The van der Waals surface area contributed by atoms with Crippen molar-refractivity contribution in [3.63, 3.8) is 0 Å². The molecule has 0 atom stereocenters. The Morgan fingerprint density at radius 2 is 2.19 bits per heavy atom. The van der Waals surface area contributed by atoms with Gasteiger partial charge in [-0.25, -0.2) is 0 Å². The Morgan fingerprint density at radius 1 is 1.48 bits per heavy atom. The van der Waals surface area contributed by atoms with Gasteiger partial charge < -0.3 is 11.1 Å². The summed E-state index contributed by atoms with van der Waals surface area (Å²) >= 11 is 0. The van der Waals surface area contributed by atoms with Crippen molar-refractivity contribution in [1.29, 1.82) is 0 Å². The highest BCUT2D eigenvalue weighted by atomic mass is 16.2. The minimum absolute atomic E-state index is 0.101. The summed E-state index contributed by atoms with van der Waals surface area (Å²) in [6.07, 6.45) is 6.70. The fourth-order valence-electron chi connectivity index (χ4n) is 3.14. The van der Waals surface area contributed by atoms with Crippen LogP contribution in [-0.2, 0) is 17.8 Å². The number of nitrogens with zero attached hydrogens (tertiary/aromatic N) is 1. The third kappa shape index (κ3) is 3.62. The number of carbonyl (C=O) groups excluding carboxylic acids is 1. The summed E-state index contributed by atoms with van der Waals surface area (Å²) in [6.45, 7) is 5.29. The Balaban J connectivity index is 2.00. The first kappa shape index (κ1) is 16.0. The quantitative estimate of drug-likeness (QED) is 0.874. The lowest BCUT2D eigenvalue weighted by Gasteiger charge is -2.37. The van der Waals surface area contributed by atoms with Gasteiger partial charge in [-0.15, -0.1) is 0 Å². The van der Waals surface area contributed by atoms with Crippen LogP contribution in [0.4, 0.5) is 0 Å². The highest BCUT2D eigenvalue weighted by Crippen LogP contribution is 2.38. The second-order valence-electron chi connectivity index (χ2n) is 6.31. The van der Waals surface area contributed by atoms with Crippen molar-refractivity contribution in [2.24, 2.45) is 17.1 Å². The van der Waals surface area contributed by atoms with Crippen LogP contribution in [0.2, 0.25) is 0 Å². The van der Waals surface area contributed by atoms with Crippen LogP contribution in [0.3, 0.4) is 0 Å². The van der Waals surface area contributed by atoms with Gasteiger partial charge in [0.1, 0.15) is 0 Å². The van der Waals surface area contributed by atoms with Gasteiger partial charge in [0.05, 0.1) is 17.7 Å². The second kappa shape index (κ2) is 7.03. The van der Waals surface area contributed by atoms with Crippen molar-refractivity contribution < 1.29 is 4.79 Å². The van der Waals surface area contributed by atoms with Gasteiger partial charge in [0, 0.05) is 12.7 Å². The molecule has 0 radical (unpaired) electrons. The molecule has 1 aliphatic rings. The fourth-order valence-corrected chi connectivity index (χ4v) is 3.14. The predicted molar refractivity (Wildman–Crippen MR) is 84.6 cm³/mol. The van der Waals surface area contributed by atoms with Crippen LogP contribution in [0.5, 0.6) is 0 Å². The Bertz CT molecular complexity index is 479. The monoisotopic (exact) mass is 289 g/mol. The number of rotatable bonds is 5. The molecule has 1 aromatic heterocycles. The second-order valence-corrected chi connectivity index (χ2v) is 6.31. The first-order valence-electron chi connectivity index (χ1n) is 8.02. The molecule has 0 unspecified atom stereocenters. The van der Waals surface area contributed by atoms with Crippen LogP contribution in [0.25, 0.3) is 0 Å². The Kier molecular flexibility index (Phi) is 5.34. The standard InChI is InChI=1S/C17H27N3O/c1-3-14-5-4-10-19-15(14)11-20-16(21)17(12-18)8-6-13(2)7-9-17/h4-5,10,13H,3,6-9,11-12,18H2,1-2H3,(H,20,21). The van der Waals surface area contributed by atoms with E-state index >= 15 is 0 Å². The summed E-state index contributed by atoms with van der Waals surface area (Å²) in [6, 6.07) is 4.00. The molecule has 4 heteroatoms. The van der Waals surface area contributed by atoms with Gasteiger partial charge in [-0.3, -0.25) is 9.78 Å². The van der Waals surface area contributed by atoms with Gasteiger partial charge in [-0.05, 0) is 49.7 Å². The van der Waals surface area contributed by atoms with Gasteiger partial charge >= 0.3 is 0 Å². The molecule has 1 aliphatic carbocycles. The summed E-state index contributed by atoms with van der Waals surface area (Å²) in [5.74, 6) is 0.810. The molecular weight excluding hydrogens is 262 g/mol. The molecule has 1 amide bonds. The summed E-state index contributed by atoms with van der Waals surface area (Å²) in [7, 11) is 0. The third-order valence-corrected chi connectivity index (χ3v) is 4.89. The highest BCUT2D eigenvalue weighted by Gasteiger charge is 2.39. The van der Waals surface area contributed by atoms with E-state index in [9.17, 15) is 4.79 Å². The average Bonchev–Trinajstić information content (AvgIpc) is 2.54. The van der Waals surface area contributed by atoms with Crippen LogP contribution >= 0.6 is 0 Å². The lowest BCUT2D eigenvalue weighted by Crippen LogP contribution is -2.47. The average molecular weight is 289 g/mol. The Hall–Kier alpha value is -1.42. The minimum atomic E-state index is -0.367. The molecule has 1 aromatic rings. The van der Waals surface area contributed by atoms with Crippen molar-refractivity contribution in [3.8, 4) is 0 Å². The zero-order chi connectivity index (χ0) is 15.3. The van der Waals surface area contributed by atoms with Gasteiger partial charge in [-0.2, -0.15) is 0 Å². The van der Waals surface area contributed by atoms with E-state index in [1.54, 1.807) is 6.20 Å². The number of hydrogen-bond donors (Lipinski definition) is 2. The topological polar surface area (TPSA) is 68.0 Å². The number of hydrogen-bond acceptors (Lipinski definition) is 3. The van der Waals surface area contributed by atoms with E-state index in [1.807, 2.05) is 6.07 Å². The normalized spacial score (nSPS) is 25.6. The van der Waals surface area contributed by atoms with E-state index in [0.717, 1.165) is 37.8 Å². The van der Waals surface area contributed by atoms with Crippen molar-refractivity contribution in [3.05, 3.63) is 29.6 Å². The van der Waals surface area contributed by atoms with Crippen molar-refractivity contribution in [2.45, 2.75) is 52.5 Å². The molecular formula is C17H27N3O. The van der Waals surface area contributed by atoms with E-state index in [0.29, 0.717) is 19.0 Å². The molecule has 3 N–H and O–H groups in total. The van der Waals surface area contributed by atoms with E-state index < -0.39 is 0 Å². The van der Waals surface area contributed by atoms with E-state index in [2.05, 4.69) is 30.2 Å². The first-order chi connectivity index (χ1) is 10.1. The summed E-state index contributed by atoms with van der Waals surface area (Å²) in [5.41, 5.74) is 7.72. The predicted octanol–water partition coefficient (Wildman–Crippen LogP) is 2.42. The van der Waals surface area contributed by atoms with Crippen molar-refractivity contribution >= 4 is 5.91 Å². The Labute approximate surface area is 127 Å². The molecule has 0 aromatic carbocycles. The first-order valence-corrected chi connectivity index (χ1v) is 8.02. The van der Waals surface area contributed by atoms with Gasteiger partial charge in [0.25, 0.3) is 0 Å². The van der Waals surface area contributed by atoms with Gasteiger partial charge in [0.15, 0.2) is 0 Å². The molecule has 21 heavy (non-hydrogen) atoms. The molecule has 1 fully saturated rings. The molecule has 0 saturated heterocycles. The highest BCUT2D eigenvalue weighted by molar-refractivity contribution is 5.83. The number of nitrogens with one attached hydrogen (secondary N) is 1. The molecule has 116 valence electrons. The Morgan fingerprint density at radius 3 is 2.81 bits per heavy atom. The molecule has 0 spiro atoms. The zero-order valence-electron chi connectivity index (χ0n) is 13.2. The smallest absolute Gasteiger partial charge is 0.227 e. The number of carbonyl (C=O) groups is 1. The maximum absolute atomic E-state index is 12.6. The molecule has 1 heterocycles. The number of pyridine rings is 1. The maximum Gasteiger partial charge on any atom is 0.227 e. The van der Waals surface area contributed by atoms with Crippen LogP contribution in [0, 0.1) is 11.3 Å². The number of amides is 1. The third-order valence-electron chi connectivity index (χ3n) is 4.89. The molecule has 2 rings (SSSR count). The summed E-state index contributed by atoms with van der Waals surface area (Å²) in [4.78, 5) is 17.0. The van der Waals surface area contributed by atoms with Crippen molar-refractivity contribution in [2.75, 3.05) is 6.54 Å². The van der Waals surface area contributed by atoms with Crippen molar-refractivity contribution in [1.82, 2.24) is 10.3 Å². The summed E-state index contributed by atoms with van der Waals surface area (Å²) < 4.78 is 0. The van der Waals surface area contributed by atoms with Crippen LogP contribution in [0.15, 0.2) is 18.3 Å². The van der Waals surface area contributed by atoms with Crippen LogP contribution < -0.4 is 11.1 Å². The molecule has 0 aliphatic heterocycles. The number of aryl methyl sites for hydroxylation is 1. The molecule has 0 bridgehead atoms. The maximum atomic E-state index is 12.6. The minimum Gasteiger partial charge on any atom is -0.350 e. The van der Waals surface area contributed by atoms with E-state index in [1.165, 1.54) is 5.56 Å². The van der Waals surface area contributed by atoms with Crippen LogP contribution in [0.1, 0.15) is 50.8 Å². The summed E-state index contributed by atoms with van der Waals surface area (Å²) in [5, 5.41) is 3.07. The van der Waals surface area contributed by atoms with E-state index in [-0.39, 0.29) is 11.3 Å². The zero-order valence-corrected chi connectivity index (χ0v) is 13.2. The van der Waals surface area contributed by atoms with Gasteiger partial charge in [-0.1, -0.05) is 19.9 Å². The lowest BCUT2D eigenvalue weighted by molar-refractivity contribution is -0.133.